The van der Waals surface area contributed by atoms with E-state index in [-0.39, 0.29) is 0 Å². The van der Waals surface area contributed by atoms with Crippen molar-refractivity contribution < 1.29 is 5.11 Å². The third kappa shape index (κ3) is 3.38. The van der Waals surface area contributed by atoms with E-state index >= 15 is 0 Å². The van der Waals surface area contributed by atoms with Crippen LogP contribution in [0.3, 0.4) is 0 Å². The minimum absolute atomic E-state index is 0.322. The number of benzene rings is 2. The molecule has 2 N–H and O–H groups in total. The highest BCUT2D eigenvalue weighted by Gasteiger charge is 2.22. The van der Waals surface area contributed by atoms with Crippen molar-refractivity contribution in [2.75, 3.05) is 11.9 Å². The molecule has 0 aliphatic rings. The summed E-state index contributed by atoms with van der Waals surface area (Å²) in [6, 6.07) is 17.0. The van der Waals surface area contributed by atoms with E-state index < -0.39 is 5.60 Å². The van der Waals surface area contributed by atoms with Gasteiger partial charge >= 0.3 is 0 Å². The van der Waals surface area contributed by atoms with Crippen LogP contribution in [0.25, 0.3) is 0 Å². The molecule has 0 amide bonds. The van der Waals surface area contributed by atoms with E-state index in [4.69, 9.17) is 5.26 Å². The number of nitrogens with one attached hydrogen (secondary N) is 1. The molecule has 2 aromatic rings. The summed E-state index contributed by atoms with van der Waals surface area (Å²) < 4.78 is 0.887. The summed E-state index contributed by atoms with van der Waals surface area (Å²) in [4.78, 5) is 0. The molecule has 0 heterocycles. The smallest absolute Gasteiger partial charge is 0.104 e. The van der Waals surface area contributed by atoms with Gasteiger partial charge in [-0.1, -0.05) is 46.3 Å². The van der Waals surface area contributed by atoms with E-state index in [2.05, 4.69) is 27.3 Å². The zero-order valence-corrected chi connectivity index (χ0v) is 12.7. The minimum atomic E-state index is -1.00. The number of hydrogen-bond donors (Lipinski definition) is 2. The van der Waals surface area contributed by atoms with Crippen LogP contribution < -0.4 is 5.32 Å². The van der Waals surface area contributed by atoms with E-state index in [1.807, 2.05) is 42.5 Å². The van der Waals surface area contributed by atoms with Gasteiger partial charge in [0.25, 0.3) is 0 Å². The predicted octanol–water partition coefficient (Wildman–Crippen LogP) is 3.64. The van der Waals surface area contributed by atoms with Crippen molar-refractivity contribution in [3.05, 3.63) is 64.1 Å². The average Bonchev–Trinajstić information content (AvgIpc) is 2.46. The number of halogens is 1. The first-order chi connectivity index (χ1) is 9.53. The van der Waals surface area contributed by atoms with Crippen LogP contribution >= 0.6 is 15.9 Å². The zero-order valence-electron chi connectivity index (χ0n) is 11.1. The Morgan fingerprint density at radius 2 is 1.95 bits per heavy atom. The molecule has 1 unspecified atom stereocenters. The van der Waals surface area contributed by atoms with Crippen molar-refractivity contribution in [3.8, 4) is 6.07 Å². The molecule has 0 saturated carbocycles. The lowest BCUT2D eigenvalue weighted by molar-refractivity contribution is 0.0715. The van der Waals surface area contributed by atoms with Crippen molar-refractivity contribution in [3.63, 3.8) is 0 Å². The molecular weight excluding hydrogens is 316 g/mol. The van der Waals surface area contributed by atoms with Crippen LogP contribution in [0.2, 0.25) is 0 Å². The van der Waals surface area contributed by atoms with Gasteiger partial charge in [-0.25, -0.2) is 0 Å². The Labute approximate surface area is 127 Å². The first-order valence-corrected chi connectivity index (χ1v) is 7.04. The van der Waals surface area contributed by atoms with Gasteiger partial charge in [0.2, 0.25) is 0 Å². The van der Waals surface area contributed by atoms with Crippen LogP contribution in [-0.4, -0.2) is 11.7 Å². The van der Waals surface area contributed by atoms with E-state index in [9.17, 15) is 5.11 Å². The van der Waals surface area contributed by atoms with Crippen molar-refractivity contribution in [1.29, 1.82) is 5.26 Å². The molecule has 0 bridgehead atoms. The lowest BCUT2D eigenvalue weighted by Crippen LogP contribution is -2.30. The zero-order chi connectivity index (χ0) is 14.6. The number of hydrogen-bond acceptors (Lipinski definition) is 3. The second-order valence-electron chi connectivity index (χ2n) is 4.80. The first-order valence-electron chi connectivity index (χ1n) is 6.24. The van der Waals surface area contributed by atoms with E-state index in [1.54, 1.807) is 13.0 Å². The van der Waals surface area contributed by atoms with Gasteiger partial charge in [0.1, 0.15) is 11.7 Å². The summed E-state index contributed by atoms with van der Waals surface area (Å²) in [5, 5.41) is 22.8. The van der Waals surface area contributed by atoms with Gasteiger partial charge in [-0.05, 0) is 30.7 Å². The Morgan fingerprint density at radius 1 is 1.25 bits per heavy atom. The summed E-state index contributed by atoms with van der Waals surface area (Å²) >= 11 is 3.38. The van der Waals surface area contributed by atoms with Crippen LogP contribution in [0.15, 0.2) is 53.0 Å². The van der Waals surface area contributed by atoms with Crippen LogP contribution in [-0.2, 0) is 5.60 Å². The molecule has 0 aliphatic carbocycles. The van der Waals surface area contributed by atoms with Gasteiger partial charge < -0.3 is 10.4 Å². The topological polar surface area (TPSA) is 56.0 Å². The summed E-state index contributed by atoms with van der Waals surface area (Å²) in [5.74, 6) is 0. The average molecular weight is 331 g/mol. The van der Waals surface area contributed by atoms with Crippen LogP contribution in [0.5, 0.6) is 0 Å². The maximum absolute atomic E-state index is 10.5. The molecule has 3 nitrogen and oxygen atoms in total. The molecule has 0 aromatic heterocycles. The SMILES string of the molecule is CC(O)(CNc1cc(Br)ccc1C#N)c1ccccc1. The van der Waals surface area contributed by atoms with Gasteiger partial charge in [-0.15, -0.1) is 0 Å². The van der Waals surface area contributed by atoms with E-state index in [0.717, 1.165) is 10.0 Å². The number of rotatable bonds is 4. The maximum atomic E-state index is 10.5. The number of aliphatic hydroxyl groups is 1. The first kappa shape index (κ1) is 14.6. The second kappa shape index (κ2) is 6.08. The molecule has 102 valence electrons. The highest BCUT2D eigenvalue weighted by atomic mass is 79.9. The fraction of sp³-hybridized carbons (Fsp3) is 0.188. The molecule has 0 saturated heterocycles. The van der Waals surface area contributed by atoms with Gasteiger partial charge in [0.05, 0.1) is 11.3 Å². The third-order valence-electron chi connectivity index (χ3n) is 3.12. The normalized spacial score (nSPS) is 13.3. The van der Waals surface area contributed by atoms with Crippen LogP contribution in [0.1, 0.15) is 18.1 Å². The molecule has 0 fully saturated rings. The Bertz CT molecular complexity index is 633. The predicted molar refractivity (Wildman–Crippen MR) is 83.4 cm³/mol. The summed E-state index contributed by atoms with van der Waals surface area (Å²) in [6.45, 7) is 2.07. The molecule has 0 aliphatic heterocycles. The van der Waals surface area contributed by atoms with E-state index in [0.29, 0.717) is 17.8 Å². The molecule has 2 rings (SSSR count). The quantitative estimate of drug-likeness (QED) is 0.899. The van der Waals surface area contributed by atoms with E-state index in [1.165, 1.54) is 0 Å². The minimum Gasteiger partial charge on any atom is -0.384 e. The lowest BCUT2D eigenvalue weighted by atomic mass is 9.96. The fourth-order valence-corrected chi connectivity index (χ4v) is 2.29. The fourth-order valence-electron chi connectivity index (χ4n) is 1.93. The molecule has 0 spiro atoms. The standard InChI is InChI=1S/C16H15BrN2O/c1-16(20,13-5-3-2-4-6-13)11-19-15-9-14(17)8-7-12(15)10-18/h2-9,19-20H,11H2,1H3. The highest BCUT2D eigenvalue weighted by Crippen LogP contribution is 2.24. The van der Waals surface area contributed by atoms with Crippen molar-refractivity contribution in [1.82, 2.24) is 0 Å². The van der Waals surface area contributed by atoms with Crippen molar-refractivity contribution >= 4 is 21.6 Å². The molecule has 4 heteroatoms. The Balaban J connectivity index is 2.17. The molecule has 0 radical (unpaired) electrons. The van der Waals surface area contributed by atoms with Crippen molar-refractivity contribution in [2.24, 2.45) is 0 Å². The Hall–Kier alpha value is -1.83. The maximum Gasteiger partial charge on any atom is 0.104 e. The number of nitriles is 1. The third-order valence-corrected chi connectivity index (χ3v) is 3.61. The van der Waals surface area contributed by atoms with Crippen LogP contribution in [0.4, 0.5) is 5.69 Å². The summed E-state index contributed by atoms with van der Waals surface area (Å²) in [7, 11) is 0. The van der Waals surface area contributed by atoms with Gasteiger partial charge in [-0.2, -0.15) is 5.26 Å². The summed E-state index contributed by atoms with van der Waals surface area (Å²) in [6.07, 6.45) is 0. The highest BCUT2D eigenvalue weighted by molar-refractivity contribution is 9.10. The molecule has 20 heavy (non-hydrogen) atoms. The second-order valence-corrected chi connectivity index (χ2v) is 5.71. The molecular formula is C16H15BrN2O. The van der Waals surface area contributed by atoms with Gasteiger partial charge in [0.15, 0.2) is 0 Å². The number of anilines is 1. The molecule has 1 atom stereocenters. The molecule has 2 aromatic carbocycles. The number of nitrogens with zero attached hydrogens (tertiary/aromatic N) is 1. The largest absolute Gasteiger partial charge is 0.384 e. The summed E-state index contributed by atoms with van der Waals surface area (Å²) in [5.41, 5.74) is 1.09. The van der Waals surface area contributed by atoms with Crippen LogP contribution in [0, 0.1) is 11.3 Å². The van der Waals surface area contributed by atoms with Crippen molar-refractivity contribution in [2.45, 2.75) is 12.5 Å². The Kier molecular flexibility index (Phi) is 4.43. The lowest BCUT2D eigenvalue weighted by Gasteiger charge is -2.25. The Morgan fingerprint density at radius 3 is 2.60 bits per heavy atom. The van der Waals surface area contributed by atoms with Gasteiger partial charge in [0, 0.05) is 11.0 Å². The monoisotopic (exact) mass is 330 g/mol. The van der Waals surface area contributed by atoms with Gasteiger partial charge in [-0.3, -0.25) is 0 Å².